The number of carbonyl (C=O) groups is 2. The number of amides is 1. The minimum Gasteiger partial charge on any atom is -0.503 e. The van der Waals surface area contributed by atoms with Gasteiger partial charge in [-0.05, 0) is 29.8 Å². The van der Waals surface area contributed by atoms with E-state index in [4.69, 9.17) is 14.2 Å². The first-order valence-electron chi connectivity index (χ1n) is 10.1. The molecular formula is C24H28N2O6. The Kier molecular flexibility index (Phi) is 6.43. The van der Waals surface area contributed by atoms with Crippen molar-refractivity contribution in [3.05, 3.63) is 59.1 Å². The summed E-state index contributed by atoms with van der Waals surface area (Å²) >= 11 is 0. The zero-order chi connectivity index (χ0) is 23.6. The smallest absolute Gasteiger partial charge is 0.290 e. The topological polar surface area (TPSA) is 98.2 Å². The van der Waals surface area contributed by atoms with E-state index < -0.39 is 23.1 Å². The molecule has 8 nitrogen and oxygen atoms in total. The highest BCUT2D eigenvalue weighted by molar-refractivity contribution is 6.10. The number of Topliss-reactive ketones (excluding diaryl/α,β-unsaturated/α-hetero) is 1. The summed E-state index contributed by atoms with van der Waals surface area (Å²) in [4.78, 5) is 32.2. The minimum atomic E-state index is -0.857. The molecule has 170 valence electrons. The number of aromatic nitrogens is 1. The Morgan fingerprint density at radius 1 is 1.09 bits per heavy atom. The highest BCUT2D eigenvalue weighted by atomic mass is 16.5. The van der Waals surface area contributed by atoms with Crippen LogP contribution in [0.3, 0.4) is 0 Å². The Morgan fingerprint density at radius 2 is 1.72 bits per heavy atom. The number of rotatable bonds is 7. The zero-order valence-electron chi connectivity index (χ0n) is 19.1. The predicted molar refractivity (Wildman–Crippen MR) is 118 cm³/mol. The molecule has 1 aromatic carbocycles. The third-order valence-corrected chi connectivity index (χ3v) is 5.29. The fourth-order valence-electron chi connectivity index (χ4n) is 3.72. The molecule has 0 bridgehead atoms. The van der Waals surface area contributed by atoms with Gasteiger partial charge in [-0.1, -0.05) is 26.8 Å². The van der Waals surface area contributed by atoms with E-state index in [0.29, 0.717) is 28.5 Å². The second kappa shape index (κ2) is 8.90. The molecule has 1 aliphatic rings. The average molecular weight is 440 g/mol. The molecule has 0 fully saturated rings. The Morgan fingerprint density at radius 3 is 2.19 bits per heavy atom. The SMILES string of the molecule is COc1cc(C2C(C(=O)C(C)(C)C)=C(O)C(=O)N2Cc2ccccn2)cc(OC)c1OC. The molecule has 0 saturated heterocycles. The number of nitrogens with zero attached hydrogens (tertiary/aromatic N) is 2. The van der Waals surface area contributed by atoms with Crippen molar-refractivity contribution < 1.29 is 28.9 Å². The molecule has 8 heteroatoms. The quantitative estimate of drug-likeness (QED) is 0.702. The summed E-state index contributed by atoms with van der Waals surface area (Å²) in [6.07, 6.45) is 1.62. The molecule has 0 spiro atoms. The second-order valence-electron chi connectivity index (χ2n) is 8.46. The van der Waals surface area contributed by atoms with Crippen LogP contribution in [0, 0.1) is 5.41 Å². The number of hydrogen-bond donors (Lipinski definition) is 1. The first-order valence-corrected chi connectivity index (χ1v) is 10.1. The summed E-state index contributed by atoms with van der Waals surface area (Å²) < 4.78 is 16.3. The van der Waals surface area contributed by atoms with Gasteiger partial charge in [0.05, 0.1) is 45.2 Å². The van der Waals surface area contributed by atoms with Crippen LogP contribution in [0.5, 0.6) is 17.2 Å². The maximum absolute atomic E-state index is 13.3. The van der Waals surface area contributed by atoms with Crippen LogP contribution in [0.25, 0.3) is 0 Å². The summed E-state index contributed by atoms with van der Waals surface area (Å²) in [6.45, 7) is 5.33. The highest BCUT2D eigenvalue weighted by Crippen LogP contribution is 2.46. The fraction of sp³-hybridized carbons (Fsp3) is 0.375. The number of pyridine rings is 1. The number of ether oxygens (including phenoxy) is 3. The lowest BCUT2D eigenvalue weighted by Gasteiger charge is -2.29. The van der Waals surface area contributed by atoms with Crippen LogP contribution in [-0.2, 0) is 16.1 Å². The van der Waals surface area contributed by atoms with Gasteiger partial charge in [0, 0.05) is 11.6 Å². The number of aliphatic hydroxyl groups is 1. The van der Waals surface area contributed by atoms with Gasteiger partial charge in [0.2, 0.25) is 5.75 Å². The summed E-state index contributed by atoms with van der Waals surface area (Å²) in [5.41, 5.74) is 0.382. The molecule has 0 saturated carbocycles. The van der Waals surface area contributed by atoms with E-state index in [1.54, 1.807) is 51.2 Å². The molecule has 2 aromatic rings. The van der Waals surface area contributed by atoms with E-state index in [1.807, 2.05) is 6.07 Å². The van der Waals surface area contributed by atoms with Gasteiger partial charge >= 0.3 is 0 Å². The largest absolute Gasteiger partial charge is 0.503 e. The summed E-state index contributed by atoms with van der Waals surface area (Å²) in [5, 5.41) is 10.8. The molecule has 1 N–H and O–H groups in total. The van der Waals surface area contributed by atoms with Crippen LogP contribution in [0.2, 0.25) is 0 Å². The molecule has 3 rings (SSSR count). The summed E-state index contributed by atoms with van der Waals surface area (Å²) in [5.74, 6) is -0.384. The lowest BCUT2D eigenvalue weighted by atomic mass is 9.82. The maximum Gasteiger partial charge on any atom is 0.290 e. The van der Waals surface area contributed by atoms with E-state index in [9.17, 15) is 14.7 Å². The van der Waals surface area contributed by atoms with Gasteiger partial charge in [0.1, 0.15) is 0 Å². The zero-order valence-corrected chi connectivity index (χ0v) is 19.1. The average Bonchev–Trinajstić information content (AvgIpc) is 3.02. The standard InChI is InChI=1S/C24H28N2O6/c1-24(2,3)22(28)18-19(14-11-16(30-4)21(32-6)17(12-14)31-5)26(23(29)20(18)27)13-15-9-7-8-10-25-15/h7-12,19,27H,13H2,1-6H3. The second-order valence-corrected chi connectivity index (χ2v) is 8.46. The van der Waals surface area contributed by atoms with Crippen molar-refractivity contribution in [2.24, 2.45) is 5.41 Å². The summed E-state index contributed by atoms with van der Waals surface area (Å²) in [7, 11) is 4.47. The fourth-order valence-corrected chi connectivity index (χ4v) is 3.72. The molecule has 32 heavy (non-hydrogen) atoms. The first-order chi connectivity index (χ1) is 15.1. The number of benzene rings is 1. The highest BCUT2D eigenvalue weighted by Gasteiger charge is 2.46. The van der Waals surface area contributed by atoms with E-state index in [-0.39, 0.29) is 17.9 Å². The normalized spacial score (nSPS) is 16.4. The number of aliphatic hydroxyl groups excluding tert-OH is 1. The van der Waals surface area contributed by atoms with Gasteiger partial charge in [-0.2, -0.15) is 0 Å². The molecule has 1 atom stereocenters. The van der Waals surface area contributed by atoms with Gasteiger partial charge < -0.3 is 24.2 Å². The number of carbonyl (C=O) groups excluding carboxylic acids is 2. The number of hydrogen-bond acceptors (Lipinski definition) is 7. The Balaban J connectivity index is 2.21. The lowest BCUT2D eigenvalue weighted by Crippen LogP contribution is -2.32. The lowest BCUT2D eigenvalue weighted by molar-refractivity contribution is -0.130. The van der Waals surface area contributed by atoms with Gasteiger partial charge in [-0.3, -0.25) is 14.6 Å². The van der Waals surface area contributed by atoms with Crippen LogP contribution < -0.4 is 14.2 Å². The monoisotopic (exact) mass is 440 g/mol. The molecule has 1 aliphatic heterocycles. The Bertz CT molecular complexity index is 1030. The maximum atomic E-state index is 13.3. The van der Waals surface area contributed by atoms with Crippen molar-refractivity contribution in [2.75, 3.05) is 21.3 Å². The van der Waals surface area contributed by atoms with Crippen LogP contribution in [0.1, 0.15) is 38.1 Å². The van der Waals surface area contributed by atoms with Crippen LogP contribution >= 0.6 is 0 Å². The molecule has 1 aromatic heterocycles. The van der Waals surface area contributed by atoms with Crippen molar-refractivity contribution in [2.45, 2.75) is 33.4 Å². The molecule has 0 radical (unpaired) electrons. The van der Waals surface area contributed by atoms with Crippen molar-refractivity contribution >= 4 is 11.7 Å². The third kappa shape index (κ3) is 4.12. The molecule has 1 amide bonds. The Labute approximate surface area is 187 Å². The number of ketones is 1. The molecule has 2 heterocycles. The molecule has 1 unspecified atom stereocenters. The van der Waals surface area contributed by atoms with Crippen LogP contribution in [0.4, 0.5) is 0 Å². The van der Waals surface area contributed by atoms with E-state index in [0.717, 1.165) is 0 Å². The first kappa shape index (κ1) is 23.1. The predicted octanol–water partition coefficient (Wildman–Crippen LogP) is 3.62. The van der Waals surface area contributed by atoms with E-state index >= 15 is 0 Å². The third-order valence-electron chi connectivity index (χ3n) is 5.29. The van der Waals surface area contributed by atoms with Crippen molar-refractivity contribution in [1.29, 1.82) is 0 Å². The minimum absolute atomic E-state index is 0.0349. The van der Waals surface area contributed by atoms with Crippen LogP contribution in [0.15, 0.2) is 47.9 Å². The van der Waals surface area contributed by atoms with Gasteiger partial charge in [0.15, 0.2) is 23.0 Å². The number of methoxy groups -OCH3 is 3. The van der Waals surface area contributed by atoms with Crippen molar-refractivity contribution in [3.8, 4) is 17.2 Å². The van der Waals surface area contributed by atoms with Crippen molar-refractivity contribution in [1.82, 2.24) is 9.88 Å². The molecule has 0 aliphatic carbocycles. The summed E-state index contributed by atoms with van der Waals surface area (Å²) in [6, 6.07) is 7.87. The Hall–Kier alpha value is -3.55. The van der Waals surface area contributed by atoms with Gasteiger partial charge in [-0.25, -0.2) is 0 Å². The van der Waals surface area contributed by atoms with E-state index in [1.165, 1.54) is 26.2 Å². The van der Waals surface area contributed by atoms with Gasteiger partial charge in [-0.15, -0.1) is 0 Å². The van der Waals surface area contributed by atoms with E-state index in [2.05, 4.69) is 4.98 Å². The molecular weight excluding hydrogens is 412 g/mol. The van der Waals surface area contributed by atoms with Crippen molar-refractivity contribution in [3.63, 3.8) is 0 Å². The van der Waals surface area contributed by atoms with Crippen LogP contribution in [-0.4, -0.2) is 48.0 Å². The van der Waals surface area contributed by atoms with Gasteiger partial charge in [0.25, 0.3) is 5.91 Å².